The maximum atomic E-state index is 5.82. The summed E-state index contributed by atoms with van der Waals surface area (Å²) in [4.78, 5) is 0. The van der Waals surface area contributed by atoms with Gasteiger partial charge in [0.1, 0.15) is 5.75 Å². The van der Waals surface area contributed by atoms with E-state index in [4.69, 9.17) is 14.2 Å². The molecule has 0 amide bonds. The highest BCUT2D eigenvalue weighted by molar-refractivity contribution is 5.28. The molecule has 0 N–H and O–H groups in total. The van der Waals surface area contributed by atoms with E-state index in [1.165, 1.54) is 12.8 Å². The van der Waals surface area contributed by atoms with Crippen LogP contribution in [-0.4, -0.2) is 19.8 Å². The Morgan fingerprint density at radius 2 is 1.86 bits per heavy atom. The number of ether oxygens (including phenoxy) is 3. The maximum Gasteiger partial charge on any atom is 0.183 e. The molecule has 0 aromatic heterocycles. The second kappa shape index (κ2) is 8.85. The van der Waals surface area contributed by atoms with E-state index in [1.807, 2.05) is 31.2 Å². The summed E-state index contributed by atoms with van der Waals surface area (Å²) in [6.07, 6.45) is 7.86. The lowest BCUT2D eigenvalue weighted by Gasteiger charge is -2.28. The van der Waals surface area contributed by atoms with Gasteiger partial charge in [0.05, 0.1) is 19.8 Å². The van der Waals surface area contributed by atoms with E-state index in [9.17, 15) is 0 Å². The van der Waals surface area contributed by atoms with Gasteiger partial charge in [-0.3, -0.25) is 0 Å². The molecule has 1 aliphatic rings. The van der Waals surface area contributed by atoms with Crippen molar-refractivity contribution in [2.75, 3.05) is 19.8 Å². The number of hydrogen-bond acceptors (Lipinski definition) is 3. The predicted molar refractivity (Wildman–Crippen MR) is 84.4 cm³/mol. The van der Waals surface area contributed by atoms with Crippen LogP contribution in [0.5, 0.6) is 5.75 Å². The molecule has 0 spiro atoms. The molecule has 0 atom stereocenters. The average molecular weight is 290 g/mol. The molecule has 3 heteroatoms. The molecule has 2 rings (SSSR count). The van der Waals surface area contributed by atoms with Gasteiger partial charge in [-0.2, -0.15) is 0 Å². The Morgan fingerprint density at radius 1 is 1.14 bits per heavy atom. The van der Waals surface area contributed by atoms with Crippen molar-refractivity contribution in [3.63, 3.8) is 0 Å². The molecular formula is C18H26O3. The minimum Gasteiger partial charge on any atom is -0.494 e. The van der Waals surface area contributed by atoms with Gasteiger partial charge in [-0.15, -0.1) is 0 Å². The Hall–Kier alpha value is -1.32. The van der Waals surface area contributed by atoms with Crippen molar-refractivity contribution in [1.82, 2.24) is 0 Å². The molecule has 21 heavy (non-hydrogen) atoms. The molecule has 1 aromatic carbocycles. The van der Waals surface area contributed by atoms with Crippen LogP contribution < -0.4 is 4.74 Å². The molecule has 0 saturated carbocycles. The van der Waals surface area contributed by atoms with Crippen LogP contribution in [0.1, 0.15) is 45.0 Å². The van der Waals surface area contributed by atoms with Crippen LogP contribution in [0, 0.1) is 5.92 Å². The topological polar surface area (TPSA) is 27.7 Å². The van der Waals surface area contributed by atoms with Crippen LogP contribution in [0.15, 0.2) is 36.4 Å². The Kier molecular flexibility index (Phi) is 6.77. The van der Waals surface area contributed by atoms with Crippen molar-refractivity contribution >= 4 is 0 Å². The molecule has 1 saturated heterocycles. The van der Waals surface area contributed by atoms with Crippen molar-refractivity contribution in [3.05, 3.63) is 42.0 Å². The fraction of sp³-hybridized carbons (Fsp3) is 0.556. The molecule has 0 radical (unpaired) electrons. The molecule has 116 valence electrons. The number of benzene rings is 1. The van der Waals surface area contributed by atoms with Crippen molar-refractivity contribution in [2.45, 2.75) is 39.4 Å². The standard InChI is InChI=1S/C18H26O3/c1-3-5-6-7-8-15-13-20-18(21-14-15)16-9-11-17(12-10-16)19-4-2/h7-12,15,18H,3-6,13-14H2,1-2H3. The number of unbranched alkanes of at least 4 members (excludes halogenated alkanes) is 2. The SMILES string of the molecule is CCCCC=CC1COC(c2ccc(OCC)cc2)OC1. The smallest absolute Gasteiger partial charge is 0.183 e. The van der Waals surface area contributed by atoms with Gasteiger partial charge in [0, 0.05) is 11.5 Å². The van der Waals surface area contributed by atoms with Crippen molar-refractivity contribution < 1.29 is 14.2 Å². The van der Waals surface area contributed by atoms with Gasteiger partial charge in [-0.05, 0) is 25.5 Å². The van der Waals surface area contributed by atoms with Gasteiger partial charge in [0.15, 0.2) is 6.29 Å². The highest BCUT2D eigenvalue weighted by atomic mass is 16.7. The molecule has 3 nitrogen and oxygen atoms in total. The molecule has 1 heterocycles. The summed E-state index contributed by atoms with van der Waals surface area (Å²) in [5.74, 6) is 1.26. The van der Waals surface area contributed by atoms with Crippen molar-refractivity contribution in [2.24, 2.45) is 5.92 Å². The Morgan fingerprint density at radius 3 is 2.48 bits per heavy atom. The summed E-state index contributed by atoms with van der Waals surface area (Å²) in [5.41, 5.74) is 1.05. The lowest BCUT2D eigenvalue weighted by atomic mass is 10.1. The summed E-state index contributed by atoms with van der Waals surface area (Å²) in [7, 11) is 0. The van der Waals surface area contributed by atoms with Crippen LogP contribution in [0.4, 0.5) is 0 Å². The lowest BCUT2D eigenvalue weighted by Crippen LogP contribution is -2.25. The normalized spacial score (nSPS) is 22.6. The second-order valence-electron chi connectivity index (χ2n) is 5.33. The zero-order valence-corrected chi connectivity index (χ0v) is 13.1. The van der Waals surface area contributed by atoms with Gasteiger partial charge in [0.25, 0.3) is 0 Å². The van der Waals surface area contributed by atoms with Gasteiger partial charge in [-0.25, -0.2) is 0 Å². The maximum absolute atomic E-state index is 5.82. The fourth-order valence-electron chi connectivity index (χ4n) is 2.32. The van der Waals surface area contributed by atoms with E-state index < -0.39 is 0 Å². The largest absolute Gasteiger partial charge is 0.494 e. The quantitative estimate of drug-likeness (QED) is 0.547. The van der Waals surface area contributed by atoms with Crippen LogP contribution in [-0.2, 0) is 9.47 Å². The van der Waals surface area contributed by atoms with Gasteiger partial charge in [-0.1, -0.05) is 44.1 Å². The molecule has 0 bridgehead atoms. The summed E-state index contributed by atoms with van der Waals surface area (Å²) in [5, 5.41) is 0. The second-order valence-corrected chi connectivity index (χ2v) is 5.33. The van der Waals surface area contributed by atoms with E-state index in [1.54, 1.807) is 0 Å². The Labute approximate surface area is 127 Å². The summed E-state index contributed by atoms with van der Waals surface area (Å²) in [6, 6.07) is 7.94. The van der Waals surface area contributed by atoms with Gasteiger partial charge < -0.3 is 14.2 Å². The van der Waals surface area contributed by atoms with E-state index in [0.29, 0.717) is 12.5 Å². The van der Waals surface area contributed by atoms with Gasteiger partial charge >= 0.3 is 0 Å². The fourth-order valence-corrected chi connectivity index (χ4v) is 2.32. The first-order valence-electron chi connectivity index (χ1n) is 7.96. The number of allylic oxidation sites excluding steroid dienone is 1. The molecular weight excluding hydrogens is 264 g/mol. The van der Waals surface area contributed by atoms with Crippen LogP contribution in [0.25, 0.3) is 0 Å². The zero-order valence-electron chi connectivity index (χ0n) is 13.1. The van der Waals surface area contributed by atoms with Crippen LogP contribution >= 0.6 is 0 Å². The highest BCUT2D eigenvalue weighted by Gasteiger charge is 2.21. The van der Waals surface area contributed by atoms with Crippen LogP contribution in [0.3, 0.4) is 0 Å². The van der Waals surface area contributed by atoms with Crippen molar-refractivity contribution in [3.8, 4) is 5.75 Å². The minimum atomic E-state index is -0.249. The van der Waals surface area contributed by atoms with E-state index in [2.05, 4.69) is 19.1 Å². The molecule has 0 unspecified atom stereocenters. The summed E-state index contributed by atoms with van der Waals surface area (Å²) >= 11 is 0. The molecule has 1 fully saturated rings. The number of hydrogen-bond donors (Lipinski definition) is 0. The van der Waals surface area contributed by atoms with E-state index in [0.717, 1.165) is 30.9 Å². The summed E-state index contributed by atoms with van der Waals surface area (Å²) < 4.78 is 17.1. The zero-order chi connectivity index (χ0) is 14.9. The average Bonchev–Trinajstić information content (AvgIpc) is 2.53. The van der Waals surface area contributed by atoms with E-state index in [-0.39, 0.29) is 6.29 Å². The summed E-state index contributed by atoms with van der Waals surface area (Å²) in [6.45, 7) is 6.32. The molecule has 1 aromatic rings. The van der Waals surface area contributed by atoms with Gasteiger partial charge in [0.2, 0.25) is 0 Å². The molecule has 1 aliphatic heterocycles. The lowest BCUT2D eigenvalue weighted by molar-refractivity contribution is -0.197. The third-order valence-corrected chi connectivity index (χ3v) is 3.52. The first kappa shape index (κ1) is 16.1. The Bertz CT molecular complexity index is 417. The third-order valence-electron chi connectivity index (χ3n) is 3.52. The monoisotopic (exact) mass is 290 g/mol. The van der Waals surface area contributed by atoms with E-state index >= 15 is 0 Å². The molecule has 0 aliphatic carbocycles. The highest BCUT2D eigenvalue weighted by Crippen LogP contribution is 2.27. The number of rotatable bonds is 7. The first-order valence-corrected chi connectivity index (χ1v) is 7.96. The van der Waals surface area contributed by atoms with Crippen LogP contribution in [0.2, 0.25) is 0 Å². The third kappa shape index (κ3) is 5.18. The minimum absolute atomic E-state index is 0.249. The van der Waals surface area contributed by atoms with Crippen molar-refractivity contribution in [1.29, 1.82) is 0 Å². The Balaban J connectivity index is 1.79. The predicted octanol–water partition coefficient (Wildman–Crippen LogP) is 4.49. The first-order chi connectivity index (χ1) is 10.3.